The molecule has 0 aliphatic rings. The van der Waals surface area contributed by atoms with E-state index in [-0.39, 0.29) is 0 Å². The van der Waals surface area contributed by atoms with Gasteiger partial charge in [-0.2, -0.15) is 0 Å². The average Bonchev–Trinajstić information content (AvgIpc) is 2.84. The predicted molar refractivity (Wildman–Crippen MR) is 81.0 cm³/mol. The first-order valence-electron chi connectivity index (χ1n) is 5.69. The number of nitrogens with zero attached hydrogens (tertiary/aromatic N) is 3. The van der Waals surface area contributed by atoms with Crippen molar-refractivity contribution in [2.75, 3.05) is 0 Å². The zero-order valence-corrected chi connectivity index (χ0v) is 12.5. The van der Waals surface area contributed by atoms with Crippen molar-refractivity contribution in [3.05, 3.63) is 46.1 Å². The number of hydrogen-bond donors (Lipinski definition) is 0. The number of aromatic nitrogens is 3. The van der Waals surface area contributed by atoms with Gasteiger partial charge in [0.2, 0.25) is 0 Å². The molecule has 2 aromatic heterocycles. The van der Waals surface area contributed by atoms with Crippen LogP contribution in [-0.2, 0) is 5.75 Å². The molecule has 3 rings (SSSR count). The molecule has 0 spiro atoms. The van der Waals surface area contributed by atoms with Gasteiger partial charge in [-0.15, -0.1) is 10.2 Å². The maximum absolute atomic E-state index is 6.18. The van der Waals surface area contributed by atoms with Crippen molar-refractivity contribution < 1.29 is 0 Å². The van der Waals surface area contributed by atoms with Crippen LogP contribution in [0.25, 0.3) is 10.9 Å². The molecule has 0 aliphatic carbocycles. The van der Waals surface area contributed by atoms with Crippen molar-refractivity contribution in [1.29, 1.82) is 0 Å². The normalized spacial score (nSPS) is 11.1. The molecule has 0 atom stereocenters. The number of fused-ring (bicyclic) bond motifs is 1. The Labute approximate surface area is 124 Å². The minimum atomic E-state index is 0.739. The van der Waals surface area contributed by atoms with Gasteiger partial charge < -0.3 is 0 Å². The van der Waals surface area contributed by atoms with E-state index in [1.54, 1.807) is 29.3 Å². The number of aryl methyl sites for hydroxylation is 1. The summed E-state index contributed by atoms with van der Waals surface area (Å²) in [5, 5.41) is 10.9. The molecule has 0 fully saturated rings. The molecule has 0 unspecified atom stereocenters. The molecule has 3 nitrogen and oxygen atoms in total. The average molecular weight is 308 g/mol. The van der Waals surface area contributed by atoms with Gasteiger partial charge >= 0.3 is 0 Å². The Balaban J connectivity index is 1.91. The Hall–Kier alpha value is -1.17. The number of benzene rings is 1. The minimum absolute atomic E-state index is 0.739. The van der Waals surface area contributed by atoms with Gasteiger partial charge in [-0.3, -0.25) is 4.98 Å². The van der Waals surface area contributed by atoms with Crippen molar-refractivity contribution in [3.63, 3.8) is 0 Å². The van der Waals surface area contributed by atoms with E-state index in [1.165, 1.54) is 0 Å². The largest absolute Gasteiger partial charge is 0.256 e. The van der Waals surface area contributed by atoms with Crippen LogP contribution in [-0.4, -0.2) is 15.2 Å². The van der Waals surface area contributed by atoms with Gasteiger partial charge in [0.1, 0.15) is 5.01 Å². The van der Waals surface area contributed by atoms with E-state index in [1.807, 2.05) is 31.2 Å². The Morgan fingerprint density at radius 3 is 2.95 bits per heavy atom. The van der Waals surface area contributed by atoms with Crippen LogP contribution < -0.4 is 0 Å². The van der Waals surface area contributed by atoms with Crippen molar-refractivity contribution in [3.8, 4) is 0 Å². The van der Waals surface area contributed by atoms with Gasteiger partial charge in [0, 0.05) is 22.4 Å². The van der Waals surface area contributed by atoms with Crippen molar-refractivity contribution in [2.45, 2.75) is 17.0 Å². The predicted octanol–water partition coefficient (Wildman–Crippen LogP) is 4.34. The molecule has 0 N–H and O–H groups in total. The first-order chi connectivity index (χ1) is 9.24. The van der Waals surface area contributed by atoms with Gasteiger partial charge in [-0.1, -0.05) is 40.8 Å². The lowest BCUT2D eigenvalue weighted by molar-refractivity contribution is 0.984. The fourth-order valence-electron chi connectivity index (χ4n) is 1.79. The van der Waals surface area contributed by atoms with Crippen LogP contribution in [0, 0.1) is 6.92 Å². The van der Waals surface area contributed by atoms with Gasteiger partial charge in [0.05, 0.1) is 5.52 Å². The van der Waals surface area contributed by atoms with E-state index >= 15 is 0 Å². The fraction of sp³-hybridized carbons (Fsp3) is 0.154. The van der Waals surface area contributed by atoms with E-state index < -0.39 is 0 Å². The third-order valence-corrected chi connectivity index (χ3v) is 5.01. The van der Waals surface area contributed by atoms with Gasteiger partial charge in [-0.05, 0) is 30.7 Å². The highest BCUT2D eigenvalue weighted by Crippen LogP contribution is 2.30. The lowest BCUT2D eigenvalue weighted by atomic mass is 10.1. The maximum Gasteiger partial charge on any atom is 0.174 e. The summed E-state index contributed by atoms with van der Waals surface area (Å²) in [6, 6.07) is 7.85. The highest BCUT2D eigenvalue weighted by molar-refractivity contribution is 8.00. The molecular formula is C13H10ClN3S2. The van der Waals surface area contributed by atoms with E-state index in [0.717, 1.165) is 36.6 Å². The number of rotatable bonds is 3. The van der Waals surface area contributed by atoms with E-state index in [0.29, 0.717) is 0 Å². The molecule has 96 valence electrons. The number of halogens is 1. The van der Waals surface area contributed by atoms with Crippen molar-refractivity contribution in [1.82, 2.24) is 15.2 Å². The smallest absolute Gasteiger partial charge is 0.174 e. The summed E-state index contributed by atoms with van der Waals surface area (Å²) in [7, 11) is 0. The van der Waals surface area contributed by atoms with Crippen molar-refractivity contribution in [2.24, 2.45) is 0 Å². The molecule has 3 aromatic rings. The molecule has 19 heavy (non-hydrogen) atoms. The van der Waals surface area contributed by atoms with Crippen molar-refractivity contribution >= 4 is 45.6 Å². The monoisotopic (exact) mass is 307 g/mol. The third kappa shape index (κ3) is 2.73. The van der Waals surface area contributed by atoms with Gasteiger partial charge in [0.25, 0.3) is 0 Å². The SMILES string of the molecule is Cc1nnc(SCc2ccc(Cl)c3cccnc23)s1. The summed E-state index contributed by atoms with van der Waals surface area (Å²) >= 11 is 9.47. The summed E-state index contributed by atoms with van der Waals surface area (Å²) in [5.41, 5.74) is 2.13. The van der Waals surface area contributed by atoms with Crippen LogP contribution in [0.1, 0.15) is 10.6 Å². The molecule has 0 aliphatic heterocycles. The van der Waals surface area contributed by atoms with Gasteiger partial charge in [0.15, 0.2) is 4.34 Å². The second-order valence-electron chi connectivity index (χ2n) is 3.98. The second-order valence-corrected chi connectivity index (χ2v) is 6.79. The Bertz CT molecular complexity index is 727. The topological polar surface area (TPSA) is 38.7 Å². The van der Waals surface area contributed by atoms with Crippen LogP contribution in [0.3, 0.4) is 0 Å². The van der Waals surface area contributed by atoms with Crippen LogP contribution >= 0.6 is 34.7 Å². The van der Waals surface area contributed by atoms with Crippen LogP contribution in [0.5, 0.6) is 0 Å². The van der Waals surface area contributed by atoms with Crippen LogP contribution in [0.4, 0.5) is 0 Å². The standard InChI is InChI=1S/C13H10ClN3S2/c1-8-16-17-13(19-8)18-7-9-4-5-11(14)10-3-2-6-15-12(9)10/h2-6H,7H2,1H3. The number of thioether (sulfide) groups is 1. The zero-order valence-electron chi connectivity index (χ0n) is 10.1. The Kier molecular flexibility index (Phi) is 3.68. The quantitative estimate of drug-likeness (QED) is 0.675. The van der Waals surface area contributed by atoms with Crippen LogP contribution in [0.2, 0.25) is 5.02 Å². The van der Waals surface area contributed by atoms with Crippen LogP contribution in [0.15, 0.2) is 34.8 Å². The summed E-state index contributed by atoms with van der Waals surface area (Å²) in [6.45, 7) is 1.96. The highest BCUT2D eigenvalue weighted by Gasteiger charge is 2.08. The first-order valence-corrected chi connectivity index (χ1v) is 7.87. The Morgan fingerprint density at radius 2 is 2.16 bits per heavy atom. The summed E-state index contributed by atoms with van der Waals surface area (Å²) < 4.78 is 0.983. The second kappa shape index (κ2) is 5.45. The molecule has 2 heterocycles. The molecule has 0 amide bonds. The fourth-order valence-corrected chi connectivity index (χ4v) is 3.81. The van der Waals surface area contributed by atoms with E-state index in [9.17, 15) is 0 Å². The number of pyridine rings is 1. The Morgan fingerprint density at radius 1 is 1.26 bits per heavy atom. The van der Waals surface area contributed by atoms with E-state index in [4.69, 9.17) is 11.6 Å². The summed E-state index contributed by atoms with van der Waals surface area (Å²) in [6.07, 6.45) is 1.79. The first kappa shape index (κ1) is 12.8. The minimum Gasteiger partial charge on any atom is -0.256 e. The lowest BCUT2D eigenvalue weighted by Gasteiger charge is -2.05. The van der Waals surface area contributed by atoms with E-state index in [2.05, 4.69) is 15.2 Å². The molecule has 0 bridgehead atoms. The highest BCUT2D eigenvalue weighted by atomic mass is 35.5. The molecule has 0 saturated carbocycles. The number of hydrogen-bond acceptors (Lipinski definition) is 5. The molecule has 1 aromatic carbocycles. The molecular weight excluding hydrogens is 298 g/mol. The molecule has 0 radical (unpaired) electrons. The molecule has 6 heteroatoms. The maximum atomic E-state index is 6.18. The molecule has 0 saturated heterocycles. The zero-order chi connectivity index (χ0) is 13.2. The lowest BCUT2D eigenvalue weighted by Crippen LogP contribution is -1.88. The van der Waals surface area contributed by atoms with Gasteiger partial charge in [-0.25, -0.2) is 0 Å². The third-order valence-electron chi connectivity index (χ3n) is 2.66. The summed E-state index contributed by atoms with van der Waals surface area (Å²) in [4.78, 5) is 4.43. The summed E-state index contributed by atoms with van der Waals surface area (Å²) in [5.74, 6) is 0.819.